The van der Waals surface area contributed by atoms with Crippen LogP contribution in [0.4, 0.5) is 9.59 Å². The molecule has 8 heteroatoms. The van der Waals surface area contributed by atoms with E-state index in [0.717, 1.165) is 5.56 Å². The minimum absolute atomic E-state index is 0.132. The van der Waals surface area contributed by atoms with Gasteiger partial charge in [-0.2, -0.15) is 4.90 Å². The zero-order valence-corrected chi connectivity index (χ0v) is 20.5. The van der Waals surface area contributed by atoms with Gasteiger partial charge < -0.3 is 19.3 Å². The third-order valence-corrected chi connectivity index (χ3v) is 4.38. The Labute approximate surface area is 200 Å². The zero-order valence-electron chi connectivity index (χ0n) is 20.5. The van der Waals surface area contributed by atoms with E-state index in [1.807, 2.05) is 30.3 Å². The van der Waals surface area contributed by atoms with Crippen LogP contribution in [0.5, 0.6) is 5.75 Å². The van der Waals surface area contributed by atoms with Gasteiger partial charge in [-0.1, -0.05) is 42.5 Å². The second-order valence-corrected chi connectivity index (χ2v) is 9.81. The maximum Gasteiger partial charge on any atom is 0.420 e. The van der Waals surface area contributed by atoms with E-state index in [4.69, 9.17) is 14.2 Å². The summed E-state index contributed by atoms with van der Waals surface area (Å²) in [5, 5.41) is 9.88. The Morgan fingerprint density at radius 1 is 0.794 bits per heavy atom. The topological polar surface area (TPSA) is 102 Å². The van der Waals surface area contributed by atoms with Gasteiger partial charge in [0.15, 0.2) is 0 Å². The van der Waals surface area contributed by atoms with Crippen LogP contribution >= 0.6 is 0 Å². The molecule has 0 saturated heterocycles. The van der Waals surface area contributed by atoms with Gasteiger partial charge in [-0.05, 0) is 64.8 Å². The number of benzene rings is 2. The monoisotopic (exact) mass is 471 g/mol. The molecule has 0 aliphatic rings. The standard InChI is InChI=1S/C26H33NO7/c1-25(2,3)33-23(30)27(24(31)34-26(4,5)6)21(22(28)29)16-18-12-14-20(15-13-18)32-17-19-10-8-7-9-11-19/h7-15,21H,16-17H2,1-6H3,(H,28,29)/t21-/m0/s1. The molecule has 2 amide bonds. The highest BCUT2D eigenvalue weighted by molar-refractivity contribution is 5.93. The van der Waals surface area contributed by atoms with Gasteiger partial charge in [0.1, 0.15) is 29.6 Å². The van der Waals surface area contributed by atoms with Crippen molar-refractivity contribution >= 4 is 18.2 Å². The van der Waals surface area contributed by atoms with Gasteiger partial charge in [0.05, 0.1) is 0 Å². The van der Waals surface area contributed by atoms with Crippen LogP contribution in [0.25, 0.3) is 0 Å². The van der Waals surface area contributed by atoms with Crippen molar-refractivity contribution in [2.45, 2.75) is 71.8 Å². The molecule has 2 aromatic rings. The predicted octanol–water partition coefficient (Wildman–Crippen LogP) is 5.43. The minimum atomic E-state index is -1.53. The van der Waals surface area contributed by atoms with E-state index in [-0.39, 0.29) is 6.42 Å². The van der Waals surface area contributed by atoms with Crippen molar-refractivity contribution in [3.8, 4) is 5.75 Å². The number of hydrogen-bond acceptors (Lipinski definition) is 6. The highest BCUT2D eigenvalue weighted by Crippen LogP contribution is 2.21. The SMILES string of the molecule is CC(C)(C)OC(=O)N(C(=O)OC(C)(C)C)[C@@H](Cc1ccc(OCc2ccccc2)cc1)C(=O)O. The fourth-order valence-electron chi connectivity index (χ4n) is 2.93. The molecule has 0 aliphatic heterocycles. The maximum absolute atomic E-state index is 12.8. The summed E-state index contributed by atoms with van der Waals surface area (Å²) in [6.45, 7) is 10.2. The van der Waals surface area contributed by atoms with Crippen molar-refractivity contribution in [3.63, 3.8) is 0 Å². The molecule has 0 fully saturated rings. The van der Waals surface area contributed by atoms with Gasteiger partial charge in [-0.3, -0.25) is 0 Å². The van der Waals surface area contributed by atoms with Gasteiger partial charge in [-0.25, -0.2) is 14.4 Å². The first kappa shape index (κ1) is 26.7. The highest BCUT2D eigenvalue weighted by Gasteiger charge is 2.40. The summed E-state index contributed by atoms with van der Waals surface area (Å²) in [6, 6.07) is 15.0. The summed E-state index contributed by atoms with van der Waals surface area (Å²) in [5.74, 6) is -0.753. The maximum atomic E-state index is 12.8. The van der Waals surface area contributed by atoms with Crippen molar-refractivity contribution < 1.29 is 33.7 Å². The Hall–Kier alpha value is -3.55. The van der Waals surface area contributed by atoms with E-state index in [0.29, 0.717) is 22.8 Å². The van der Waals surface area contributed by atoms with Gasteiger partial charge in [0, 0.05) is 6.42 Å². The van der Waals surface area contributed by atoms with Crippen molar-refractivity contribution in [2.75, 3.05) is 0 Å². The van der Waals surface area contributed by atoms with Crippen LogP contribution in [-0.2, 0) is 27.3 Å². The molecule has 0 aromatic heterocycles. The Bertz CT molecular complexity index is 945. The van der Waals surface area contributed by atoms with E-state index in [9.17, 15) is 19.5 Å². The van der Waals surface area contributed by atoms with Crippen LogP contribution in [-0.4, -0.2) is 45.4 Å². The normalized spacial score (nSPS) is 12.4. The smallest absolute Gasteiger partial charge is 0.420 e. The number of amides is 2. The zero-order chi connectivity index (χ0) is 25.5. The van der Waals surface area contributed by atoms with Crippen molar-refractivity contribution in [2.24, 2.45) is 0 Å². The number of carboxylic acid groups (broad SMARTS) is 1. The lowest BCUT2D eigenvalue weighted by molar-refractivity contribution is -0.143. The Morgan fingerprint density at radius 3 is 1.74 bits per heavy atom. The fourth-order valence-corrected chi connectivity index (χ4v) is 2.93. The quantitative estimate of drug-likeness (QED) is 0.574. The third-order valence-electron chi connectivity index (χ3n) is 4.38. The summed E-state index contributed by atoms with van der Waals surface area (Å²) in [4.78, 5) is 38.3. The lowest BCUT2D eigenvalue weighted by Crippen LogP contribution is -2.52. The van der Waals surface area contributed by atoms with Crippen LogP contribution in [0.3, 0.4) is 0 Å². The first-order chi connectivity index (χ1) is 15.7. The Morgan fingerprint density at radius 2 is 1.29 bits per heavy atom. The van der Waals surface area contributed by atoms with E-state index in [1.54, 1.807) is 65.8 Å². The first-order valence-corrected chi connectivity index (χ1v) is 11.0. The Kier molecular flexibility index (Phi) is 8.68. The number of aliphatic carboxylic acids is 1. The van der Waals surface area contributed by atoms with E-state index in [2.05, 4.69) is 0 Å². The van der Waals surface area contributed by atoms with E-state index in [1.165, 1.54) is 0 Å². The molecule has 2 aromatic carbocycles. The number of carboxylic acids is 1. The molecule has 34 heavy (non-hydrogen) atoms. The average Bonchev–Trinajstić information content (AvgIpc) is 2.70. The fraction of sp³-hybridized carbons (Fsp3) is 0.423. The molecule has 184 valence electrons. The molecule has 1 atom stereocenters. The average molecular weight is 472 g/mol. The summed E-state index contributed by atoms with van der Waals surface area (Å²) in [5.41, 5.74) is -0.254. The Balaban J connectivity index is 2.21. The number of ether oxygens (including phenoxy) is 3. The van der Waals surface area contributed by atoms with Gasteiger partial charge in [-0.15, -0.1) is 0 Å². The van der Waals surface area contributed by atoms with Gasteiger partial charge >= 0.3 is 18.2 Å². The van der Waals surface area contributed by atoms with Crippen molar-refractivity contribution in [1.29, 1.82) is 0 Å². The molecule has 2 rings (SSSR count). The van der Waals surface area contributed by atoms with Crippen LogP contribution in [0.1, 0.15) is 52.7 Å². The van der Waals surface area contributed by atoms with Gasteiger partial charge in [0.2, 0.25) is 0 Å². The van der Waals surface area contributed by atoms with Gasteiger partial charge in [0.25, 0.3) is 0 Å². The molecule has 0 saturated carbocycles. The van der Waals surface area contributed by atoms with Crippen molar-refractivity contribution in [3.05, 3.63) is 65.7 Å². The molecule has 1 N–H and O–H groups in total. The van der Waals surface area contributed by atoms with Crippen LogP contribution in [0.15, 0.2) is 54.6 Å². The second kappa shape index (κ2) is 11.0. The minimum Gasteiger partial charge on any atom is -0.489 e. The van der Waals surface area contributed by atoms with E-state index < -0.39 is 35.4 Å². The number of hydrogen-bond donors (Lipinski definition) is 1. The molecule has 0 spiro atoms. The van der Waals surface area contributed by atoms with Crippen LogP contribution in [0, 0.1) is 0 Å². The number of nitrogens with zero attached hydrogens (tertiary/aromatic N) is 1. The second-order valence-electron chi connectivity index (χ2n) is 9.81. The molecule has 0 radical (unpaired) electrons. The molecular formula is C26H33NO7. The largest absolute Gasteiger partial charge is 0.489 e. The predicted molar refractivity (Wildman–Crippen MR) is 127 cm³/mol. The first-order valence-electron chi connectivity index (χ1n) is 11.0. The number of imide groups is 1. The molecule has 0 aliphatic carbocycles. The summed E-state index contributed by atoms with van der Waals surface area (Å²) < 4.78 is 16.4. The number of carbonyl (C=O) groups is 3. The molecular weight excluding hydrogens is 438 g/mol. The third kappa shape index (κ3) is 8.77. The lowest BCUT2D eigenvalue weighted by atomic mass is 10.0. The van der Waals surface area contributed by atoms with Crippen molar-refractivity contribution in [1.82, 2.24) is 4.90 Å². The van der Waals surface area contributed by atoms with Crippen LogP contribution in [0.2, 0.25) is 0 Å². The molecule has 0 heterocycles. The number of rotatable bonds is 7. The summed E-state index contributed by atoms with van der Waals surface area (Å²) >= 11 is 0. The van der Waals surface area contributed by atoms with E-state index >= 15 is 0 Å². The number of carbonyl (C=O) groups excluding carboxylic acids is 2. The summed E-state index contributed by atoms with van der Waals surface area (Å²) in [6.07, 6.45) is -2.30. The van der Waals surface area contributed by atoms with Crippen LogP contribution < -0.4 is 4.74 Å². The summed E-state index contributed by atoms with van der Waals surface area (Å²) in [7, 11) is 0. The molecule has 0 bridgehead atoms. The highest BCUT2D eigenvalue weighted by atomic mass is 16.6. The molecule has 8 nitrogen and oxygen atoms in total. The molecule has 0 unspecified atom stereocenters. The lowest BCUT2D eigenvalue weighted by Gasteiger charge is -2.31.